The third-order valence-electron chi connectivity index (χ3n) is 5.47. The average Bonchev–Trinajstić information content (AvgIpc) is 3.37. The number of ether oxygens (including phenoxy) is 1. The van der Waals surface area contributed by atoms with Crippen LogP contribution in [-0.4, -0.2) is 62.9 Å². The molecular weight excluding hydrogens is 394 g/mol. The van der Waals surface area contributed by atoms with E-state index in [-0.39, 0.29) is 18.7 Å². The molecule has 0 unspecified atom stereocenters. The fourth-order valence-electron chi connectivity index (χ4n) is 3.82. The molecule has 0 bridgehead atoms. The molecule has 0 aromatic heterocycles. The zero-order valence-electron chi connectivity index (χ0n) is 16.9. The number of carbonyl (C=O) groups excluding carboxylic acids is 2. The molecule has 0 saturated carbocycles. The quantitative estimate of drug-likeness (QED) is 0.661. The molecule has 0 radical (unpaired) electrons. The molecule has 9 heteroatoms. The average molecular weight is 424 g/mol. The summed E-state index contributed by atoms with van der Waals surface area (Å²) in [5.41, 5.74) is 1.57. The summed E-state index contributed by atoms with van der Waals surface area (Å²) >= 11 is 0. The minimum absolute atomic E-state index is 0.0419. The Balaban J connectivity index is 1.58. The van der Waals surface area contributed by atoms with Gasteiger partial charge in [-0.3, -0.25) is 9.59 Å². The van der Waals surface area contributed by atoms with Crippen LogP contribution in [0.2, 0.25) is 0 Å². The number of aryl methyl sites for hydroxylation is 2. The minimum Gasteiger partial charge on any atom is -0.376 e. The Labute approximate surface area is 172 Å². The van der Waals surface area contributed by atoms with Gasteiger partial charge in [0.1, 0.15) is 0 Å². The Hall–Kier alpha value is -1.97. The molecule has 2 fully saturated rings. The van der Waals surface area contributed by atoms with E-state index in [9.17, 15) is 18.0 Å². The predicted octanol–water partition coefficient (Wildman–Crippen LogP) is 0.868. The lowest BCUT2D eigenvalue weighted by Crippen LogP contribution is -2.47. The maximum Gasteiger partial charge on any atom is 0.309 e. The molecule has 29 heavy (non-hydrogen) atoms. The van der Waals surface area contributed by atoms with E-state index in [1.54, 1.807) is 19.1 Å². The topological polar surface area (TPSA) is 105 Å². The summed E-state index contributed by atoms with van der Waals surface area (Å²) in [6.07, 6.45) is 3.14. The fraction of sp³-hybridized carbons (Fsp3) is 0.600. The SMILES string of the molecule is Cc1ccc(C)c(S(=O)(=O)N2CCC[C@H]2CNC(=O)C(=O)NC[C@@H]2CCCO2)c1. The van der Waals surface area contributed by atoms with E-state index >= 15 is 0 Å². The number of amides is 2. The molecule has 0 aliphatic carbocycles. The zero-order valence-corrected chi connectivity index (χ0v) is 17.8. The van der Waals surface area contributed by atoms with Crippen molar-refractivity contribution >= 4 is 21.8 Å². The summed E-state index contributed by atoms with van der Waals surface area (Å²) < 4.78 is 33.2. The highest BCUT2D eigenvalue weighted by Crippen LogP contribution is 2.28. The van der Waals surface area contributed by atoms with E-state index in [1.165, 1.54) is 4.31 Å². The Kier molecular flexibility index (Phi) is 6.92. The first-order valence-corrected chi connectivity index (χ1v) is 11.5. The molecule has 1 aromatic rings. The maximum atomic E-state index is 13.2. The highest BCUT2D eigenvalue weighted by Gasteiger charge is 2.36. The van der Waals surface area contributed by atoms with Crippen molar-refractivity contribution in [2.45, 2.75) is 56.6 Å². The van der Waals surface area contributed by atoms with Crippen molar-refractivity contribution in [3.8, 4) is 0 Å². The Morgan fingerprint density at radius 1 is 1.10 bits per heavy atom. The Morgan fingerprint density at radius 3 is 2.52 bits per heavy atom. The summed E-state index contributed by atoms with van der Waals surface area (Å²) in [5, 5.41) is 5.15. The highest BCUT2D eigenvalue weighted by atomic mass is 32.2. The third-order valence-corrected chi connectivity index (χ3v) is 7.57. The van der Waals surface area contributed by atoms with Gasteiger partial charge in [-0.25, -0.2) is 8.42 Å². The van der Waals surface area contributed by atoms with Crippen molar-refractivity contribution in [1.29, 1.82) is 0 Å². The van der Waals surface area contributed by atoms with Gasteiger partial charge in [0, 0.05) is 32.3 Å². The summed E-state index contributed by atoms with van der Waals surface area (Å²) in [6, 6.07) is 4.99. The van der Waals surface area contributed by atoms with E-state index in [0.717, 1.165) is 24.8 Å². The highest BCUT2D eigenvalue weighted by molar-refractivity contribution is 7.89. The van der Waals surface area contributed by atoms with Crippen LogP contribution in [0.15, 0.2) is 23.1 Å². The van der Waals surface area contributed by atoms with E-state index < -0.39 is 21.8 Å². The smallest absolute Gasteiger partial charge is 0.309 e. The van der Waals surface area contributed by atoms with E-state index in [0.29, 0.717) is 36.6 Å². The third kappa shape index (κ3) is 5.15. The van der Waals surface area contributed by atoms with Crippen LogP contribution in [0.5, 0.6) is 0 Å². The minimum atomic E-state index is -3.67. The van der Waals surface area contributed by atoms with Gasteiger partial charge in [-0.1, -0.05) is 12.1 Å². The normalized spacial score (nSPS) is 22.6. The second kappa shape index (κ2) is 9.23. The maximum absolute atomic E-state index is 13.2. The molecule has 2 atom stereocenters. The van der Waals surface area contributed by atoms with Crippen molar-refractivity contribution < 1.29 is 22.7 Å². The largest absolute Gasteiger partial charge is 0.376 e. The van der Waals surface area contributed by atoms with Gasteiger partial charge in [0.25, 0.3) is 0 Å². The first-order chi connectivity index (χ1) is 13.8. The van der Waals surface area contributed by atoms with E-state index in [4.69, 9.17) is 4.74 Å². The molecule has 2 N–H and O–H groups in total. The van der Waals surface area contributed by atoms with Crippen molar-refractivity contribution in [2.24, 2.45) is 0 Å². The molecule has 2 heterocycles. The van der Waals surface area contributed by atoms with Gasteiger partial charge in [0.05, 0.1) is 11.0 Å². The fourth-order valence-corrected chi connectivity index (χ4v) is 5.83. The first kappa shape index (κ1) is 21.7. The summed E-state index contributed by atoms with van der Waals surface area (Å²) in [4.78, 5) is 24.4. The molecule has 1 aromatic carbocycles. The summed E-state index contributed by atoms with van der Waals surface area (Å²) in [6.45, 7) is 5.13. The first-order valence-electron chi connectivity index (χ1n) is 10.1. The second-order valence-electron chi connectivity index (χ2n) is 7.74. The van der Waals surface area contributed by atoms with Crippen molar-refractivity contribution in [3.63, 3.8) is 0 Å². The van der Waals surface area contributed by atoms with Crippen LogP contribution in [0.25, 0.3) is 0 Å². The van der Waals surface area contributed by atoms with Gasteiger partial charge < -0.3 is 15.4 Å². The molecule has 2 aliphatic heterocycles. The number of hydrogen-bond acceptors (Lipinski definition) is 5. The second-order valence-corrected chi connectivity index (χ2v) is 9.59. The van der Waals surface area contributed by atoms with Gasteiger partial charge in [-0.05, 0) is 56.7 Å². The van der Waals surface area contributed by atoms with Crippen LogP contribution < -0.4 is 10.6 Å². The van der Waals surface area contributed by atoms with E-state index in [2.05, 4.69) is 10.6 Å². The molecule has 8 nitrogen and oxygen atoms in total. The predicted molar refractivity (Wildman–Crippen MR) is 108 cm³/mol. The van der Waals surface area contributed by atoms with Crippen LogP contribution in [0.1, 0.15) is 36.8 Å². The molecule has 3 rings (SSSR count). The standard InChI is InChI=1S/C20H29N3O5S/c1-14-7-8-15(2)18(11-14)29(26,27)23-9-3-5-16(23)12-21-19(24)20(25)22-13-17-6-4-10-28-17/h7-8,11,16-17H,3-6,9-10,12-13H2,1-2H3,(H,21,24)(H,22,25)/t16-,17-/m0/s1. The van der Waals surface area contributed by atoms with Crippen LogP contribution in [0.3, 0.4) is 0 Å². The lowest BCUT2D eigenvalue weighted by Gasteiger charge is -2.25. The van der Waals surface area contributed by atoms with E-state index in [1.807, 2.05) is 13.0 Å². The molecular formula is C20H29N3O5S. The lowest BCUT2D eigenvalue weighted by atomic mass is 10.2. The monoisotopic (exact) mass is 423 g/mol. The molecule has 2 saturated heterocycles. The number of rotatable bonds is 6. The molecule has 2 amide bonds. The van der Waals surface area contributed by atoms with Crippen LogP contribution in [0.4, 0.5) is 0 Å². The Morgan fingerprint density at radius 2 is 1.83 bits per heavy atom. The summed E-state index contributed by atoms with van der Waals surface area (Å²) in [7, 11) is -3.67. The van der Waals surface area contributed by atoms with Crippen molar-refractivity contribution in [1.82, 2.24) is 14.9 Å². The summed E-state index contributed by atoms with van der Waals surface area (Å²) in [5.74, 6) is -1.47. The van der Waals surface area contributed by atoms with Crippen LogP contribution in [0, 0.1) is 13.8 Å². The number of carbonyl (C=O) groups is 2. The van der Waals surface area contributed by atoms with Gasteiger partial charge in [-0.2, -0.15) is 4.31 Å². The van der Waals surface area contributed by atoms with Crippen molar-refractivity contribution in [2.75, 3.05) is 26.2 Å². The number of hydrogen-bond donors (Lipinski definition) is 2. The number of sulfonamides is 1. The van der Waals surface area contributed by atoms with Gasteiger partial charge >= 0.3 is 11.8 Å². The van der Waals surface area contributed by atoms with Gasteiger partial charge in [-0.15, -0.1) is 0 Å². The Bertz CT molecular complexity index is 865. The number of nitrogens with zero attached hydrogens (tertiary/aromatic N) is 1. The van der Waals surface area contributed by atoms with Gasteiger partial charge in [0.2, 0.25) is 10.0 Å². The van der Waals surface area contributed by atoms with Crippen molar-refractivity contribution in [3.05, 3.63) is 29.3 Å². The number of benzene rings is 1. The van der Waals surface area contributed by atoms with Crippen LogP contribution in [-0.2, 0) is 24.3 Å². The molecule has 2 aliphatic rings. The van der Waals surface area contributed by atoms with Crippen LogP contribution >= 0.6 is 0 Å². The zero-order chi connectivity index (χ0) is 21.0. The molecule has 160 valence electrons. The number of nitrogens with one attached hydrogen (secondary N) is 2. The van der Waals surface area contributed by atoms with Gasteiger partial charge in [0.15, 0.2) is 0 Å². The molecule has 0 spiro atoms. The lowest BCUT2D eigenvalue weighted by molar-refractivity contribution is -0.139.